The van der Waals surface area contributed by atoms with Crippen molar-refractivity contribution >= 4 is 17.2 Å². The summed E-state index contributed by atoms with van der Waals surface area (Å²) in [5, 5.41) is 6.03. The van der Waals surface area contributed by atoms with Crippen molar-refractivity contribution in [1.82, 2.24) is 19.9 Å². The molecule has 0 saturated carbocycles. The summed E-state index contributed by atoms with van der Waals surface area (Å²) >= 11 is 1.59. The minimum atomic E-state index is 0.0120. The molecule has 0 aliphatic carbocycles. The van der Waals surface area contributed by atoms with Crippen LogP contribution in [0.1, 0.15) is 11.5 Å². The normalized spacial score (nSPS) is 15.0. The van der Waals surface area contributed by atoms with Crippen LogP contribution in [-0.4, -0.2) is 58.6 Å². The summed E-state index contributed by atoms with van der Waals surface area (Å²) in [6, 6.07) is 11.7. The summed E-state index contributed by atoms with van der Waals surface area (Å²) in [6.07, 6.45) is 0. The number of hydrogen-bond acceptors (Lipinski definition) is 7. The van der Waals surface area contributed by atoms with E-state index in [-0.39, 0.29) is 12.5 Å². The van der Waals surface area contributed by atoms with E-state index in [4.69, 9.17) is 9.26 Å². The van der Waals surface area contributed by atoms with Gasteiger partial charge in [-0.05, 0) is 30.5 Å². The molecule has 1 aromatic carbocycles. The minimum absolute atomic E-state index is 0.0120. The van der Waals surface area contributed by atoms with Crippen LogP contribution in [0.25, 0.3) is 10.7 Å². The monoisotopic (exact) mass is 398 g/mol. The van der Waals surface area contributed by atoms with Gasteiger partial charge in [0.15, 0.2) is 6.61 Å². The predicted molar refractivity (Wildman–Crippen MR) is 106 cm³/mol. The van der Waals surface area contributed by atoms with Crippen LogP contribution in [0.3, 0.4) is 0 Å². The van der Waals surface area contributed by atoms with Crippen LogP contribution >= 0.6 is 11.3 Å². The van der Waals surface area contributed by atoms with Crippen molar-refractivity contribution in [1.29, 1.82) is 0 Å². The van der Waals surface area contributed by atoms with Crippen LogP contribution in [0.5, 0.6) is 5.75 Å². The fourth-order valence-corrected chi connectivity index (χ4v) is 3.69. The average Bonchev–Trinajstić information content (AvgIpc) is 3.40. The lowest BCUT2D eigenvalue weighted by atomic mass is 10.2. The fourth-order valence-electron chi connectivity index (χ4n) is 3.04. The van der Waals surface area contributed by atoms with Gasteiger partial charge in [-0.1, -0.05) is 28.9 Å². The van der Waals surface area contributed by atoms with Crippen LogP contribution in [0.2, 0.25) is 0 Å². The number of thiophene rings is 1. The van der Waals surface area contributed by atoms with Crippen molar-refractivity contribution in [2.45, 2.75) is 13.5 Å². The zero-order valence-electron chi connectivity index (χ0n) is 15.7. The molecule has 3 aromatic rings. The third-order valence-corrected chi connectivity index (χ3v) is 5.54. The van der Waals surface area contributed by atoms with Crippen molar-refractivity contribution in [2.75, 3.05) is 32.8 Å². The Morgan fingerprint density at radius 3 is 2.68 bits per heavy atom. The van der Waals surface area contributed by atoms with E-state index in [2.05, 4.69) is 15.0 Å². The zero-order chi connectivity index (χ0) is 19.3. The van der Waals surface area contributed by atoms with Gasteiger partial charge in [-0.2, -0.15) is 4.98 Å². The summed E-state index contributed by atoms with van der Waals surface area (Å²) < 4.78 is 11.0. The first kappa shape index (κ1) is 18.6. The lowest BCUT2D eigenvalue weighted by Crippen LogP contribution is -2.49. The van der Waals surface area contributed by atoms with Gasteiger partial charge in [0.05, 0.1) is 11.4 Å². The molecule has 3 heterocycles. The number of rotatable bonds is 6. The van der Waals surface area contributed by atoms with Crippen molar-refractivity contribution in [2.24, 2.45) is 0 Å². The highest BCUT2D eigenvalue weighted by Gasteiger charge is 2.23. The summed E-state index contributed by atoms with van der Waals surface area (Å²) in [6.45, 7) is 5.56. The molecule has 146 valence electrons. The Morgan fingerprint density at radius 1 is 1.18 bits per heavy atom. The lowest BCUT2D eigenvalue weighted by Gasteiger charge is -2.33. The minimum Gasteiger partial charge on any atom is -0.484 e. The highest BCUT2D eigenvalue weighted by molar-refractivity contribution is 7.13. The molecule has 0 unspecified atom stereocenters. The number of benzene rings is 1. The van der Waals surface area contributed by atoms with Gasteiger partial charge in [0, 0.05) is 26.2 Å². The number of aromatic nitrogens is 2. The Morgan fingerprint density at radius 2 is 1.96 bits per heavy atom. The van der Waals surface area contributed by atoms with Gasteiger partial charge in [-0.3, -0.25) is 9.69 Å². The molecule has 4 rings (SSSR count). The van der Waals surface area contributed by atoms with Crippen LogP contribution in [0, 0.1) is 6.92 Å². The maximum atomic E-state index is 12.4. The van der Waals surface area contributed by atoms with Crippen molar-refractivity contribution in [3.63, 3.8) is 0 Å². The number of nitrogens with zero attached hydrogens (tertiary/aromatic N) is 4. The molecule has 0 bridgehead atoms. The maximum Gasteiger partial charge on any atom is 0.260 e. The van der Waals surface area contributed by atoms with E-state index >= 15 is 0 Å². The van der Waals surface area contributed by atoms with Gasteiger partial charge < -0.3 is 14.2 Å². The third-order valence-electron chi connectivity index (χ3n) is 4.68. The van der Waals surface area contributed by atoms with E-state index < -0.39 is 0 Å². The van der Waals surface area contributed by atoms with E-state index in [1.54, 1.807) is 11.3 Å². The number of amides is 1. The molecule has 1 aliphatic heterocycles. The molecule has 8 heteroatoms. The predicted octanol–water partition coefficient (Wildman–Crippen LogP) is 2.83. The van der Waals surface area contributed by atoms with Gasteiger partial charge in [0.2, 0.25) is 11.7 Å². The Balaban J connectivity index is 1.23. The molecule has 28 heavy (non-hydrogen) atoms. The fraction of sp³-hybridized carbons (Fsp3) is 0.350. The molecule has 1 amide bonds. The van der Waals surface area contributed by atoms with Crippen molar-refractivity contribution in [3.05, 3.63) is 53.2 Å². The number of aryl methyl sites for hydroxylation is 1. The number of piperazine rings is 1. The van der Waals surface area contributed by atoms with E-state index in [1.165, 1.54) is 5.56 Å². The quantitative estimate of drug-likeness (QED) is 0.636. The molecule has 0 N–H and O–H groups in total. The second-order valence-corrected chi connectivity index (χ2v) is 7.70. The molecule has 0 radical (unpaired) electrons. The van der Waals surface area contributed by atoms with Gasteiger partial charge in [-0.25, -0.2) is 0 Å². The average molecular weight is 398 g/mol. The van der Waals surface area contributed by atoms with Gasteiger partial charge in [0.1, 0.15) is 5.75 Å². The lowest BCUT2D eigenvalue weighted by molar-refractivity contribution is -0.135. The standard InChI is InChI=1S/C20H22N4O3S/c1-15-4-6-16(7-5-15)26-14-19(25)24-10-8-23(9-11-24)13-18-21-20(22-27-18)17-3-2-12-28-17/h2-7,12H,8-11,13-14H2,1H3. The number of carbonyl (C=O) groups excluding carboxylic acids is 1. The third kappa shape index (κ3) is 4.58. The summed E-state index contributed by atoms with van der Waals surface area (Å²) in [4.78, 5) is 21.9. The molecular formula is C20H22N4O3S. The molecule has 1 fully saturated rings. The first-order valence-electron chi connectivity index (χ1n) is 9.23. The Bertz CT molecular complexity index is 900. The molecule has 0 spiro atoms. The van der Waals surface area contributed by atoms with E-state index in [9.17, 15) is 4.79 Å². The van der Waals surface area contributed by atoms with E-state index in [1.807, 2.05) is 53.6 Å². The highest BCUT2D eigenvalue weighted by Crippen LogP contribution is 2.21. The van der Waals surface area contributed by atoms with Crippen LogP contribution in [-0.2, 0) is 11.3 Å². The van der Waals surface area contributed by atoms with Crippen LogP contribution in [0.4, 0.5) is 0 Å². The van der Waals surface area contributed by atoms with Crippen molar-refractivity contribution in [3.8, 4) is 16.5 Å². The molecule has 1 aliphatic rings. The first-order valence-corrected chi connectivity index (χ1v) is 10.1. The molecule has 7 nitrogen and oxygen atoms in total. The SMILES string of the molecule is Cc1ccc(OCC(=O)N2CCN(Cc3nc(-c4cccs4)no3)CC2)cc1. The first-order chi connectivity index (χ1) is 13.7. The van der Waals surface area contributed by atoms with Crippen LogP contribution < -0.4 is 4.74 Å². The Labute approximate surface area is 167 Å². The summed E-state index contributed by atoms with van der Waals surface area (Å²) in [5.41, 5.74) is 1.17. The number of hydrogen-bond donors (Lipinski definition) is 0. The second-order valence-electron chi connectivity index (χ2n) is 6.75. The number of ether oxygens (including phenoxy) is 1. The van der Waals surface area contributed by atoms with Gasteiger partial charge >= 0.3 is 0 Å². The highest BCUT2D eigenvalue weighted by atomic mass is 32.1. The topological polar surface area (TPSA) is 71.7 Å². The van der Waals surface area contributed by atoms with E-state index in [0.29, 0.717) is 31.3 Å². The molecule has 0 atom stereocenters. The van der Waals surface area contributed by atoms with Crippen molar-refractivity contribution < 1.29 is 14.1 Å². The van der Waals surface area contributed by atoms with Gasteiger partial charge in [0.25, 0.3) is 5.91 Å². The van der Waals surface area contributed by atoms with Gasteiger partial charge in [-0.15, -0.1) is 11.3 Å². The Kier molecular flexibility index (Phi) is 5.68. The number of carbonyl (C=O) groups is 1. The zero-order valence-corrected chi connectivity index (χ0v) is 16.5. The molecular weight excluding hydrogens is 376 g/mol. The maximum absolute atomic E-state index is 12.4. The molecule has 1 saturated heterocycles. The summed E-state index contributed by atoms with van der Waals surface area (Å²) in [5.74, 6) is 1.96. The largest absolute Gasteiger partial charge is 0.484 e. The second kappa shape index (κ2) is 8.53. The summed E-state index contributed by atoms with van der Waals surface area (Å²) in [7, 11) is 0. The van der Waals surface area contributed by atoms with E-state index in [0.717, 1.165) is 23.7 Å². The molecule has 2 aromatic heterocycles. The smallest absolute Gasteiger partial charge is 0.260 e. The Hall–Kier alpha value is -2.71. The van der Waals surface area contributed by atoms with Crippen LogP contribution in [0.15, 0.2) is 46.3 Å².